The van der Waals surface area contributed by atoms with Crippen LogP contribution in [0.3, 0.4) is 0 Å². The van der Waals surface area contributed by atoms with Gasteiger partial charge < -0.3 is 14.7 Å². The number of halogens is 1. The first-order valence-corrected chi connectivity index (χ1v) is 8.93. The number of nitrogens with zero attached hydrogens (tertiary/aromatic N) is 2. The van der Waals surface area contributed by atoms with Gasteiger partial charge in [-0.15, -0.1) is 0 Å². The molecule has 0 radical (unpaired) electrons. The number of pyridine rings is 1. The van der Waals surface area contributed by atoms with Crippen molar-refractivity contribution in [1.82, 2.24) is 4.98 Å². The van der Waals surface area contributed by atoms with Gasteiger partial charge >= 0.3 is 5.97 Å². The lowest BCUT2D eigenvalue weighted by Crippen LogP contribution is -2.34. The highest BCUT2D eigenvalue weighted by Crippen LogP contribution is 2.43. The Labute approximate surface area is 155 Å². The molecule has 7 heteroatoms. The largest absolute Gasteiger partial charge is 0.477 e. The summed E-state index contributed by atoms with van der Waals surface area (Å²) in [4.78, 5) is 29.5. The first-order chi connectivity index (χ1) is 12.6. The molecule has 0 aliphatic carbocycles. The first-order valence-electron chi connectivity index (χ1n) is 8.55. The smallest absolute Gasteiger partial charge is 0.341 e. The van der Waals surface area contributed by atoms with Crippen LogP contribution in [0.1, 0.15) is 44.7 Å². The van der Waals surface area contributed by atoms with Gasteiger partial charge in [-0.3, -0.25) is 4.79 Å². The maximum absolute atomic E-state index is 11.7. The molecule has 2 aliphatic heterocycles. The third kappa shape index (κ3) is 2.80. The van der Waals surface area contributed by atoms with Gasteiger partial charge in [-0.25, -0.2) is 9.78 Å². The number of carbonyl (C=O) groups excluding carboxylic acids is 1. The van der Waals surface area contributed by atoms with Gasteiger partial charge in [0.15, 0.2) is 6.29 Å². The summed E-state index contributed by atoms with van der Waals surface area (Å²) >= 11 is 5.92. The van der Waals surface area contributed by atoms with Gasteiger partial charge in [0.1, 0.15) is 16.5 Å². The van der Waals surface area contributed by atoms with Crippen LogP contribution >= 0.6 is 11.6 Å². The molecule has 134 valence electrons. The van der Waals surface area contributed by atoms with Crippen molar-refractivity contribution < 1.29 is 19.4 Å². The van der Waals surface area contributed by atoms with Gasteiger partial charge in [-0.05, 0) is 49.4 Å². The maximum atomic E-state index is 11.7. The van der Waals surface area contributed by atoms with E-state index in [1.807, 2.05) is 6.07 Å². The molecule has 1 N–H and O–H groups in total. The molecular formula is C19H17ClN2O4. The monoisotopic (exact) mass is 372 g/mol. The molecule has 0 spiro atoms. The standard InChI is InChI=1S/C19H17ClN2O4/c20-15-6-5-14(19(24)25)18(21-15)26-17-12(10-23)9-11-3-1-7-22-8-2-4-13(17)16(11)22/h5-6,9-10H,1-4,7-8H2,(H,24,25). The average Bonchev–Trinajstić information content (AvgIpc) is 2.63. The van der Waals surface area contributed by atoms with Crippen LogP contribution in [0, 0.1) is 0 Å². The summed E-state index contributed by atoms with van der Waals surface area (Å²) < 4.78 is 5.91. The van der Waals surface area contributed by atoms with Crippen molar-refractivity contribution in [1.29, 1.82) is 0 Å². The Bertz CT molecular complexity index is 911. The van der Waals surface area contributed by atoms with Crippen LogP contribution in [0.2, 0.25) is 5.15 Å². The Morgan fingerprint density at radius 1 is 1.27 bits per heavy atom. The van der Waals surface area contributed by atoms with Crippen LogP contribution in [-0.2, 0) is 12.8 Å². The van der Waals surface area contributed by atoms with Crippen molar-refractivity contribution in [2.24, 2.45) is 0 Å². The quantitative estimate of drug-likeness (QED) is 0.650. The van der Waals surface area contributed by atoms with E-state index >= 15 is 0 Å². The van der Waals surface area contributed by atoms with Crippen LogP contribution < -0.4 is 9.64 Å². The Balaban J connectivity index is 1.88. The fourth-order valence-corrected chi connectivity index (χ4v) is 3.96. The van der Waals surface area contributed by atoms with E-state index in [4.69, 9.17) is 16.3 Å². The van der Waals surface area contributed by atoms with E-state index in [0.717, 1.165) is 61.9 Å². The number of aromatic carboxylic acids is 1. The molecule has 0 amide bonds. The van der Waals surface area contributed by atoms with E-state index in [1.165, 1.54) is 12.1 Å². The zero-order chi connectivity index (χ0) is 18.3. The van der Waals surface area contributed by atoms with E-state index in [0.29, 0.717) is 11.3 Å². The third-order valence-electron chi connectivity index (χ3n) is 4.88. The second-order valence-electron chi connectivity index (χ2n) is 6.49. The number of ether oxygens (including phenoxy) is 1. The summed E-state index contributed by atoms with van der Waals surface area (Å²) in [6, 6.07) is 4.60. The molecule has 0 atom stereocenters. The predicted octanol–water partition coefficient (Wildman–Crippen LogP) is 3.74. The van der Waals surface area contributed by atoms with Crippen LogP contribution in [0.5, 0.6) is 11.6 Å². The lowest BCUT2D eigenvalue weighted by molar-refractivity contribution is 0.0693. The molecule has 0 saturated heterocycles. The van der Waals surface area contributed by atoms with Crippen molar-refractivity contribution in [2.75, 3.05) is 18.0 Å². The lowest BCUT2D eigenvalue weighted by Gasteiger charge is -2.37. The Kier molecular flexibility index (Phi) is 4.28. The second-order valence-corrected chi connectivity index (χ2v) is 6.87. The minimum atomic E-state index is -1.16. The molecule has 2 aromatic rings. The van der Waals surface area contributed by atoms with E-state index in [-0.39, 0.29) is 16.6 Å². The molecule has 4 rings (SSSR count). The molecule has 1 aromatic heterocycles. The molecule has 3 heterocycles. The summed E-state index contributed by atoms with van der Waals surface area (Å²) in [6.45, 7) is 1.96. The topological polar surface area (TPSA) is 79.7 Å². The highest BCUT2D eigenvalue weighted by atomic mass is 35.5. The molecule has 0 fully saturated rings. The number of anilines is 1. The average molecular weight is 373 g/mol. The summed E-state index contributed by atoms with van der Waals surface area (Å²) in [5.41, 5.74) is 3.55. The van der Waals surface area contributed by atoms with Gasteiger partial charge in [0, 0.05) is 24.3 Å². The van der Waals surface area contributed by atoms with Gasteiger partial charge in [0.2, 0.25) is 5.88 Å². The Hall–Kier alpha value is -2.60. The van der Waals surface area contributed by atoms with Gasteiger partial charge in [-0.1, -0.05) is 11.6 Å². The minimum absolute atomic E-state index is 0.0937. The van der Waals surface area contributed by atoms with E-state index < -0.39 is 5.97 Å². The number of aromatic nitrogens is 1. The molecule has 1 aromatic carbocycles. The van der Waals surface area contributed by atoms with E-state index in [2.05, 4.69) is 9.88 Å². The molecule has 26 heavy (non-hydrogen) atoms. The minimum Gasteiger partial charge on any atom is -0.477 e. The highest BCUT2D eigenvalue weighted by Gasteiger charge is 2.29. The van der Waals surface area contributed by atoms with Crippen molar-refractivity contribution >= 4 is 29.5 Å². The molecule has 0 bridgehead atoms. The fraction of sp³-hybridized carbons (Fsp3) is 0.316. The number of hydrogen-bond acceptors (Lipinski definition) is 5. The normalized spacial score (nSPS) is 15.3. The van der Waals surface area contributed by atoms with Crippen LogP contribution in [0.25, 0.3) is 0 Å². The van der Waals surface area contributed by atoms with Crippen LogP contribution in [0.15, 0.2) is 18.2 Å². The van der Waals surface area contributed by atoms with E-state index in [1.54, 1.807) is 0 Å². The van der Waals surface area contributed by atoms with Gasteiger partial charge in [-0.2, -0.15) is 0 Å². The zero-order valence-corrected chi connectivity index (χ0v) is 14.8. The number of carbonyl (C=O) groups is 2. The van der Waals surface area contributed by atoms with Gasteiger partial charge in [0.25, 0.3) is 0 Å². The molecule has 6 nitrogen and oxygen atoms in total. The van der Waals surface area contributed by atoms with Gasteiger partial charge in [0.05, 0.1) is 5.56 Å². The predicted molar refractivity (Wildman–Crippen MR) is 97.0 cm³/mol. The van der Waals surface area contributed by atoms with Crippen molar-refractivity contribution in [3.63, 3.8) is 0 Å². The number of rotatable bonds is 4. The molecule has 0 saturated carbocycles. The molecule has 2 aliphatic rings. The Morgan fingerprint density at radius 2 is 2.04 bits per heavy atom. The van der Waals surface area contributed by atoms with Crippen LogP contribution in [0.4, 0.5) is 5.69 Å². The fourth-order valence-electron chi connectivity index (χ4n) is 3.82. The maximum Gasteiger partial charge on any atom is 0.341 e. The summed E-state index contributed by atoms with van der Waals surface area (Å²) in [5, 5.41) is 9.52. The number of hydrogen-bond donors (Lipinski definition) is 1. The third-order valence-corrected chi connectivity index (χ3v) is 5.09. The lowest BCUT2D eigenvalue weighted by atomic mass is 9.89. The number of aldehydes is 1. The van der Waals surface area contributed by atoms with Crippen molar-refractivity contribution in [2.45, 2.75) is 25.7 Å². The van der Waals surface area contributed by atoms with Crippen LogP contribution in [-0.4, -0.2) is 35.4 Å². The Morgan fingerprint density at radius 3 is 2.77 bits per heavy atom. The number of carboxylic acid groups (broad SMARTS) is 1. The zero-order valence-electron chi connectivity index (χ0n) is 14.0. The van der Waals surface area contributed by atoms with Crippen molar-refractivity contribution in [3.8, 4) is 11.6 Å². The SMILES string of the molecule is O=Cc1cc2c3c(c1Oc1nc(Cl)ccc1C(=O)O)CCCN3CCC2. The highest BCUT2D eigenvalue weighted by molar-refractivity contribution is 6.29. The second kappa shape index (κ2) is 6.61. The van der Waals surface area contributed by atoms with Crippen molar-refractivity contribution in [3.05, 3.63) is 45.6 Å². The molecular weight excluding hydrogens is 356 g/mol. The van der Waals surface area contributed by atoms with E-state index in [9.17, 15) is 14.7 Å². The number of benzene rings is 1. The summed E-state index contributed by atoms with van der Waals surface area (Å²) in [5.74, 6) is -0.870. The summed E-state index contributed by atoms with van der Waals surface area (Å²) in [7, 11) is 0. The first kappa shape index (κ1) is 16.8. The number of carboxylic acids is 1. The number of aryl methyl sites for hydroxylation is 1. The summed E-state index contributed by atoms with van der Waals surface area (Å²) in [6.07, 6.45) is 4.48. The molecule has 0 unspecified atom stereocenters.